The van der Waals surface area contributed by atoms with E-state index in [1.54, 1.807) is 0 Å². The highest BCUT2D eigenvalue weighted by Crippen LogP contribution is 2.21. The quantitative estimate of drug-likeness (QED) is 0.467. The van der Waals surface area contributed by atoms with Crippen LogP contribution in [0, 0.1) is 0 Å². The largest absolute Gasteiger partial charge is 0.338 e. The Morgan fingerprint density at radius 3 is 2.68 bits per heavy atom. The summed E-state index contributed by atoms with van der Waals surface area (Å²) in [7, 11) is 0. The molecule has 0 unspecified atom stereocenters. The highest BCUT2D eigenvalue weighted by Gasteiger charge is 2.13. The van der Waals surface area contributed by atoms with Crippen LogP contribution in [0.4, 0.5) is 5.95 Å². The van der Waals surface area contributed by atoms with Crippen molar-refractivity contribution in [3.8, 4) is 0 Å². The van der Waals surface area contributed by atoms with Crippen LogP contribution in [0.25, 0.3) is 22.1 Å². The Hall–Kier alpha value is -3.45. The predicted molar refractivity (Wildman–Crippen MR) is 110 cm³/mol. The Kier molecular flexibility index (Phi) is 4.34. The number of hydrogen-bond acceptors (Lipinski definition) is 6. The molecular formula is C21H21N7. The summed E-state index contributed by atoms with van der Waals surface area (Å²) in [5, 5.41) is 9.54. The van der Waals surface area contributed by atoms with Crippen LogP contribution in [0.1, 0.15) is 12.0 Å². The number of hydrogen-bond donors (Lipinski definition) is 3. The fourth-order valence-corrected chi connectivity index (χ4v) is 3.52. The number of H-pyrrole nitrogens is 1. The number of nitrogens with one attached hydrogen (secondary N) is 3. The third kappa shape index (κ3) is 3.39. The smallest absolute Gasteiger partial charge is 0.263 e. The maximum Gasteiger partial charge on any atom is 0.263 e. The van der Waals surface area contributed by atoms with E-state index in [1.807, 2.05) is 24.3 Å². The van der Waals surface area contributed by atoms with Gasteiger partial charge in [0.1, 0.15) is 5.52 Å². The molecule has 28 heavy (non-hydrogen) atoms. The molecule has 7 heteroatoms. The predicted octanol–water partition coefficient (Wildman–Crippen LogP) is 3.21. The maximum atomic E-state index is 4.53. The lowest BCUT2D eigenvalue weighted by molar-refractivity contribution is 0.283. The molecule has 2 aromatic heterocycles. The monoisotopic (exact) mass is 371 g/mol. The minimum atomic E-state index is 0.451. The minimum Gasteiger partial charge on any atom is -0.338 e. The van der Waals surface area contributed by atoms with Crippen molar-refractivity contribution in [1.29, 1.82) is 0 Å². The number of anilines is 1. The van der Waals surface area contributed by atoms with Crippen molar-refractivity contribution in [2.45, 2.75) is 13.0 Å². The third-order valence-electron chi connectivity index (χ3n) is 5.00. The standard InChI is InChI=1S/C21H21N7/c1-2-6-15(7-3-1)14-28-12-10-16(11-13-28)24-26-21-23-20-19(25-27-21)17-8-4-5-9-18(17)22-20/h1-10,24H,11-14H2,(H2,22,23,26,27). The number of para-hydroxylation sites is 1. The first kappa shape index (κ1) is 16.7. The van der Waals surface area contributed by atoms with Crippen molar-refractivity contribution in [3.63, 3.8) is 0 Å². The Labute approximate surface area is 162 Å². The molecule has 0 amide bonds. The van der Waals surface area contributed by atoms with Crippen LogP contribution < -0.4 is 10.9 Å². The van der Waals surface area contributed by atoms with E-state index in [1.165, 1.54) is 5.56 Å². The summed E-state index contributed by atoms with van der Waals surface area (Å²) in [4.78, 5) is 10.2. The molecule has 0 fully saturated rings. The van der Waals surface area contributed by atoms with E-state index in [2.05, 4.69) is 72.3 Å². The Bertz CT molecular complexity index is 1130. The fourth-order valence-electron chi connectivity index (χ4n) is 3.52. The number of fused-ring (bicyclic) bond motifs is 3. The van der Waals surface area contributed by atoms with Crippen LogP contribution in [0.2, 0.25) is 0 Å². The molecule has 0 radical (unpaired) electrons. The lowest BCUT2D eigenvalue weighted by Crippen LogP contribution is -2.33. The SMILES string of the molecule is C1=C(NNc2nnc3c(n2)[nH]c2ccccc23)CCN(Cc2ccccc2)C1. The van der Waals surface area contributed by atoms with Crippen LogP contribution in [0.3, 0.4) is 0 Å². The zero-order chi connectivity index (χ0) is 18.8. The van der Waals surface area contributed by atoms with Gasteiger partial charge >= 0.3 is 0 Å². The number of benzene rings is 2. The van der Waals surface area contributed by atoms with Gasteiger partial charge in [0, 0.05) is 42.7 Å². The Morgan fingerprint density at radius 1 is 0.964 bits per heavy atom. The van der Waals surface area contributed by atoms with E-state index < -0.39 is 0 Å². The van der Waals surface area contributed by atoms with Gasteiger partial charge in [0.15, 0.2) is 5.65 Å². The van der Waals surface area contributed by atoms with E-state index in [9.17, 15) is 0 Å². The van der Waals surface area contributed by atoms with E-state index in [0.717, 1.165) is 53.8 Å². The van der Waals surface area contributed by atoms with Gasteiger partial charge < -0.3 is 10.4 Å². The number of nitrogens with zero attached hydrogens (tertiary/aromatic N) is 4. The second-order valence-corrected chi connectivity index (χ2v) is 6.95. The van der Waals surface area contributed by atoms with Crippen molar-refractivity contribution in [2.24, 2.45) is 0 Å². The van der Waals surface area contributed by atoms with Crippen LogP contribution in [0.5, 0.6) is 0 Å². The molecule has 0 saturated heterocycles. The number of aromatic amines is 1. The zero-order valence-electron chi connectivity index (χ0n) is 15.4. The van der Waals surface area contributed by atoms with Gasteiger partial charge in [-0.25, -0.2) is 0 Å². The van der Waals surface area contributed by atoms with Crippen molar-refractivity contribution >= 4 is 28.0 Å². The second-order valence-electron chi connectivity index (χ2n) is 6.95. The van der Waals surface area contributed by atoms with Gasteiger partial charge in [-0.15, -0.1) is 10.2 Å². The van der Waals surface area contributed by atoms with Gasteiger partial charge in [-0.05, 0) is 17.7 Å². The summed E-state index contributed by atoms with van der Waals surface area (Å²) in [6, 6.07) is 18.6. The molecule has 3 heterocycles. The molecule has 5 rings (SSSR count). The van der Waals surface area contributed by atoms with Crippen molar-refractivity contribution in [1.82, 2.24) is 30.5 Å². The number of aromatic nitrogens is 4. The van der Waals surface area contributed by atoms with Crippen LogP contribution in [0.15, 0.2) is 66.4 Å². The summed E-state index contributed by atoms with van der Waals surface area (Å²) in [6.07, 6.45) is 3.15. The first-order valence-electron chi connectivity index (χ1n) is 9.44. The molecule has 0 aliphatic carbocycles. The first-order valence-corrected chi connectivity index (χ1v) is 9.44. The van der Waals surface area contributed by atoms with E-state index in [-0.39, 0.29) is 0 Å². The summed E-state index contributed by atoms with van der Waals surface area (Å²) in [6.45, 7) is 2.90. The van der Waals surface area contributed by atoms with Gasteiger partial charge in [-0.2, -0.15) is 4.98 Å². The van der Waals surface area contributed by atoms with Gasteiger partial charge in [0.2, 0.25) is 0 Å². The number of hydrazine groups is 1. The second kappa shape index (κ2) is 7.28. The summed E-state index contributed by atoms with van der Waals surface area (Å²) >= 11 is 0. The van der Waals surface area contributed by atoms with Crippen molar-refractivity contribution in [3.05, 3.63) is 71.9 Å². The Morgan fingerprint density at radius 2 is 1.82 bits per heavy atom. The van der Waals surface area contributed by atoms with Gasteiger partial charge in [-0.3, -0.25) is 10.3 Å². The van der Waals surface area contributed by atoms with Gasteiger partial charge in [-0.1, -0.05) is 48.5 Å². The molecule has 4 aromatic rings. The van der Waals surface area contributed by atoms with Gasteiger partial charge in [0.05, 0.1) is 0 Å². The lowest BCUT2D eigenvalue weighted by Gasteiger charge is -2.26. The first-order chi connectivity index (χ1) is 13.8. The summed E-state index contributed by atoms with van der Waals surface area (Å²) < 4.78 is 0. The third-order valence-corrected chi connectivity index (χ3v) is 5.00. The summed E-state index contributed by atoms with van der Waals surface area (Å²) in [5.41, 5.74) is 11.3. The molecule has 140 valence electrons. The molecule has 2 aromatic carbocycles. The average molecular weight is 371 g/mol. The molecule has 7 nitrogen and oxygen atoms in total. The zero-order valence-corrected chi connectivity index (χ0v) is 15.4. The maximum absolute atomic E-state index is 4.53. The summed E-state index contributed by atoms with van der Waals surface area (Å²) in [5.74, 6) is 0.451. The van der Waals surface area contributed by atoms with Crippen LogP contribution in [-0.4, -0.2) is 38.2 Å². The molecule has 3 N–H and O–H groups in total. The van der Waals surface area contributed by atoms with E-state index >= 15 is 0 Å². The van der Waals surface area contributed by atoms with E-state index in [4.69, 9.17) is 0 Å². The van der Waals surface area contributed by atoms with Crippen LogP contribution in [-0.2, 0) is 6.54 Å². The average Bonchev–Trinajstić information content (AvgIpc) is 3.12. The fraction of sp³-hybridized carbons (Fsp3) is 0.190. The molecule has 0 spiro atoms. The van der Waals surface area contributed by atoms with Crippen LogP contribution >= 0.6 is 0 Å². The Balaban J connectivity index is 1.22. The highest BCUT2D eigenvalue weighted by atomic mass is 15.4. The molecule has 1 aliphatic rings. The van der Waals surface area contributed by atoms with E-state index in [0.29, 0.717) is 5.95 Å². The molecule has 0 bridgehead atoms. The van der Waals surface area contributed by atoms with Crippen molar-refractivity contribution in [2.75, 3.05) is 18.5 Å². The number of rotatable bonds is 5. The van der Waals surface area contributed by atoms with Crippen molar-refractivity contribution < 1.29 is 0 Å². The highest BCUT2D eigenvalue weighted by molar-refractivity contribution is 6.03. The lowest BCUT2D eigenvalue weighted by atomic mass is 10.1. The topological polar surface area (TPSA) is 81.8 Å². The minimum absolute atomic E-state index is 0.451. The molecule has 0 saturated carbocycles. The molecule has 1 aliphatic heterocycles. The molecular weight excluding hydrogens is 350 g/mol. The normalized spacial score (nSPS) is 14.9. The van der Waals surface area contributed by atoms with Gasteiger partial charge in [0.25, 0.3) is 5.95 Å². The molecule has 0 atom stereocenters.